The lowest BCUT2D eigenvalue weighted by molar-refractivity contribution is 0.234. The predicted molar refractivity (Wildman–Crippen MR) is 157 cm³/mol. The van der Waals surface area contributed by atoms with Crippen LogP contribution in [-0.2, 0) is 0 Å². The number of nitrogens with zero attached hydrogens (tertiary/aromatic N) is 2. The summed E-state index contributed by atoms with van der Waals surface area (Å²) in [7, 11) is 1.97. The molecule has 0 bridgehead atoms. The molecule has 1 aliphatic heterocycles. The summed E-state index contributed by atoms with van der Waals surface area (Å²) in [5, 5.41) is 10.3. The second-order valence-corrected chi connectivity index (χ2v) is 10.8. The monoisotopic (exact) mass is 506 g/mol. The maximum Gasteiger partial charge on any atom is 0.116 e. The summed E-state index contributed by atoms with van der Waals surface area (Å²) in [5.41, 5.74) is 6.64. The van der Waals surface area contributed by atoms with Gasteiger partial charge in [0.1, 0.15) is 5.01 Å². The SMILES string of the molecule is C=C(CNC)NC(C(=C)N1CCCC1c1nc(C(=C)c2cccc(C)c2)cs1)C1CCCCC1.CC. The van der Waals surface area contributed by atoms with E-state index in [2.05, 4.69) is 71.8 Å². The van der Waals surface area contributed by atoms with Gasteiger partial charge in [0.05, 0.1) is 17.8 Å². The Bertz CT molecular complexity index is 1020. The summed E-state index contributed by atoms with van der Waals surface area (Å²) in [6, 6.07) is 9.05. The van der Waals surface area contributed by atoms with Gasteiger partial charge in [-0.3, -0.25) is 0 Å². The normalized spacial score (nSPS) is 18.8. The molecule has 1 aromatic carbocycles. The number of thiazole rings is 1. The Morgan fingerprint density at radius 2 is 1.86 bits per heavy atom. The van der Waals surface area contributed by atoms with E-state index in [4.69, 9.17) is 4.98 Å². The first-order valence-corrected chi connectivity index (χ1v) is 14.6. The largest absolute Gasteiger partial charge is 0.379 e. The third-order valence-electron chi connectivity index (χ3n) is 7.33. The van der Waals surface area contributed by atoms with Crippen molar-refractivity contribution in [3.05, 3.63) is 82.6 Å². The number of benzene rings is 1. The minimum Gasteiger partial charge on any atom is -0.379 e. The van der Waals surface area contributed by atoms with Gasteiger partial charge in [0, 0.05) is 35.4 Å². The molecule has 2 N–H and O–H groups in total. The number of aryl methyl sites for hydroxylation is 1. The highest BCUT2D eigenvalue weighted by molar-refractivity contribution is 7.09. The molecule has 0 spiro atoms. The fraction of sp³-hybridized carbons (Fsp3) is 0.516. The van der Waals surface area contributed by atoms with Crippen molar-refractivity contribution in [1.29, 1.82) is 0 Å². The third-order valence-corrected chi connectivity index (χ3v) is 8.28. The maximum atomic E-state index is 5.08. The molecular formula is C31H46N4S. The lowest BCUT2D eigenvalue weighted by Crippen LogP contribution is -2.44. The molecule has 4 rings (SSSR count). The smallest absolute Gasteiger partial charge is 0.116 e. The van der Waals surface area contributed by atoms with Gasteiger partial charge in [-0.15, -0.1) is 11.3 Å². The second-order valence-electron chi connectivity index (χ2n) is 9.92. The van der Waals surface area contributed by atoms with Crippen LogP contribution >= 0.6 is 11.3 Å². The van der Waals surface area contributed by atoms with Gasteiger partial charge in [-0.2, -0.15) is 0 Å². The lowest BCUT2D eigenvalue weighted by Gasteiger charge is -2.39. The Kier molecular flexibility index (Phi) is 10.8. The first-order valence-electron chi connectivity index (χ1n) is 13.7. The average molecular weight is 507 g/mol. The number of rotatable bonds is 10. The van der Waals surface area contributed by atoms with E-state index in [1.807, 2.05) is 20.9 Å². The van der Waals surface area contributed by atoms with E-state index in [1.165, 1.54) is 54.8 Å². The Morgan fingerprint density at radius 3 is 2.56 bits per heavy atom. The number of hydrogen-bond acceptors (Lipinski definition) is 5. The van der Waals surface area contributed by atoms with Gasteiger partial charge >= 0.3 is 0 Å². The van der Waals surface area contributed by atoms with E-state index < -0.39 is 0 Å². The minimum atomic E-state index is 0.239. The minimum absolute atomic E-state index is 0.239. The summed E-state index contributed by atoms with van der Waals surface area (Å²) in [6.45, 7) is 21.2. The standard InChI is InChI=1S/C29H40N4S.C2H6/c1-20-11-9-14-25(17-20)22(3)26-19-34-29(32-26)27-15-10-16-33(27)23(4)28(31-21(2)18-30-5)24-12-7-6-8-13-24;1-2/h9,11,14,17,19,24,27-28,30-31H,2-4,6-8,10,12-13,15-16,18H2,1,5H3;1-2H3. The number of likely N-dealkylation sites (N-methyl/N-ethyl adjacent to an activating group) is 1. The predicted octanol–water partition coefficient (Wildman–Crippen LogP) is 7.46. The molecule has 1 saturated heterocycles. The van der Waals surface area contributed by atoms with Crippen molar-refractivity contribution in [1.82, 2.24) is 20.5 Å². The summed E-state index contributed by atoms with van der Waals surface area (Å²) in [4.78, 5) is 7.61. The van der Waals surface area contributed by atoms with Gasteiger partial charge < -0.3 is 15.5 Å². The van der Waals surface area contributed by atoms with Gasteiger partial charge in [-0.25, -0.2) is 4.98 Å². The van der Waals surface area contributed by atoms with Crippen LogP contribution in [0.25, 0.3) is 5.57 Å². The molecular weight excluding hydrogens is 460 g/mol. The van der Waals surface area contributed by atoms with Crippen molar-refractivity contribution in [2.24, 2.45) is 5.92 Å². The van der Waals surface area contributed by atoms with E-state index in [9.17, 15) is 0 Å². The molecule has 2 heterocycles. The van der Waals surface area contributed by atoms with Crippen LogP contribution in [-0.4, -0.2) is 36.1 Å². The third kappa shape index (κ3) is 6.89. The highest BCUT2D eigenvalue weighted by Gasteiger charge is 2.35. The van der Waals surface area contributed by atoms with Gasteiger partial charge in [-0.1, -0.05) is 82.7 Å². The zero-order valence-electron chi connectivity index (χ0n) is 22.9. The zero-order chi connectivity index (χ0) is 26.1. The number of hydrogen-bond donors (Lipinski definition) is 2. The van der Waals surface area contributed by atoms with Crippen molar-refractivity contribution < 1.29 is 0 Å². The number of nitrogens with one attached hydrogen (secondary N) is 2. The van der Waals surface area contributed by atoms with Gasteiger partial charge in [0.2, 0.25) is 0 Å². The van der Waals surface area contributed by atoms with E-state index >= 15 is 0 Å². The molecule has 1 saturated carbocycles. The van der Waals surface area contributed by atoms with E-state index in [-0.39, 0.29) is 6.04 Å². The Hall–Kier alpha value is -2.37. The molecule has 2 unspecified atom stereocenters. The lowest BCUT2D eigenvalue weighted by atomic mass is 9.82. The molecule has 0 radical (unpaired) electrons. The first kappa shape index (κ1) is 28.2. The molecule has 2 atom stereocenters. The van der Waals surface area contributed by atoms with Crippen LogP contribution in [0, 0.1) is 12.8 Å². The molecule has 2 fully saturated rings. The molecule has 1 aromatic heterocycles. The first-order chi connectivity index (χ1) is 17.5. The Labute approximate surface area is 223 Å². The molecule has 0 amide bonds. The Morgan fingerprint density at radius 1 is 1.11 bits per heavy atom. The quantitative estimate of drug-likeness (QED) is 0.351. The molecule has 5 heteroatoms. The van der Waals surface area contributed by atoms with Crippen molar-refractivity contribution >= 4 is 16.9 Å². The van der Waals surface area contributed by atoms with E-state index in [0.29, 0.717) is 12.0 Å². The molecule has 36 heavy (non-hydrogen) atoms. The van der Waals surface area contributed by atoms with Crippen LogP contribution in [0.3, 0.4) is 0 Å². The highest BCUT2D eigenvalue weighted by atomic mass is 32.1. The van der Waals surface area contributed by atoms with Crippen LogP contribution in [0.15, 0.2) is 60.8 Å². The molecule has 196 valence electrons. The van der Waals surface area contributed by atoms with Gasteiger partial charge in [0.25, 0.3) is 0 Å². The number of likely N-dealkylation sites (tertiary alicyclic amines) is 1. The van der Waals surface area contributed by atoms with E-state index in [1.54, 1.807) is 11.3 Å². The maximum absolute atomic E-state index is 5.08. The second kappa shape index (κ2) is 13.8. The van der Waals surface area contributed by atoms with Crippen molar-refractivity contribution in [2.45, 2.75) is 77.8 Å². The van der Waals surface area contributed by atoms with Gasteiger partial charge in [-0.05, 0) is 51.1 Å². The van der Waals surface area contributed by atoms with Crippen molar-refractivity contribution in [3.63, 3.8) is 0 Å². The zero-order valence-corrected chi connectivity index (χ0v) is 23.7. The van der Waals surface area contributed by atoms with Crippen LogP contribution < -0.4 is 10.6 Å². The van der Waals surface area contributed by atoms with Crippen LogP contribution in [0.1, 0.15) is 86.7 Å². The summed E-state index contributed by atoms with van der Waals surface area (Å²) < 4.78 is 0. The number of aromatic nitrogens is 1. The van der Waals surface area contributed by atoms with Crippen molar-refractivity contribution in [2.75, 3.05) is 20.1 Å². The van der Waals surface area contributed by atoms with Crippen LogP contribution in [0.4, 0.5) is 0 Å². The molecule has 2 aliphatic rings. The van der Waals surface area contributed by atoms with E-state index in [0.717, 1.165) is 42.0 Å². The van der Waals surface area contributed by atoms with Crippen LogP contribution in [0.2, 0.25) is 0 Å². The van der Waals surface area contributed by atoms with Gasteiger partial charge in [0.15, 0.2) is 0 Å². The molecule has 4 nitrogen and oxygen atoms in total. The summed E-state index contributed by atoms with van der Waals surface area (Å²) >= 11 is 1.76. The fourth-order valence-electron chi connectivity index (χ4n) is 5.53. The molecule has 1 aliphatic carbocycles. The highest BCUT2D eigenvalue weighted by Crippen LogP contribution is 2.40. The average Bonchev–Trinajstić information content (AvgIpc) is 3.58. The Balaban J connectivity index is 0.00000176. The summed E-state index contributed by atoms with van der Waals surface area (Å²) in [5.74, 6) is 0.615. The molecule has 2 aromatic rings. The summed E-state index contributed by atoms with van der Waals surface area (Å²) in [6.07, 6.45) is 8.81. The fourth-order valence-corrected chi connectivity index (χ4v) is 6.51. The van der Waals surface area contributed by atoms with Crippen LogP contribution in [0.5, 0.6) is 0 Å². The van der Waals surface area contributed by atoms with Crippen molar-refractivity contribution in [3.8, 4) is 0 Å². The topological polar surface area (TPSA) is 40.2 Å².